The number of imidazole rings is 2. The van der Waals surface area contributed by atoms with Gasteiger partial charge in [-0.05, 0) is 6.42 Å². The molecule has 0 aliphatic heterocycles. The molecule has 0 radical (unpaired) electrons. The first-order chi connectivity index (χ1) is 8.22. The zero-order valence-corrected chi connectivity index (χ0v) is 10.2. The second-order valence-electron chi connectivity index (χ2n) is 4.19. The van der Waals surface area contributed by atoms with Gasteiger partial charge in [0.1, 0.15) is 11.9 Å². The molecule has 17 heavy (non-hydrogen) atoms. The van der Waals surface area contributed by atoms with E-state index in [1.54, 1.807) is 18.7 Å². The van der Waals surface area contributed by atoms with Crippen LogP contribution in [0.1, 0.15) is 31.0 Å². The van der Waals surface area contributed by atoms with E-state index in [0.717, 1.165) is 24.5 Å². The molecule has 0 spiro atoms. The predicted octanol–water partition coefficient (Wildman–Crippen LogP) is 1.30. The van der Waals surface area contributed by atoms with Crippen molar-refractivity contribution < 1.29 is 5.11 Å². The highest BCUT2D eigenvalue weighted by molar-refractivity contribution is 5.06. The van der Waals surface area contributed by atoms with Crippen molar-refractivity contribution in [2.45, 2.75) is 32.4 Å². The van der Waals surface area contributed by atoms with Gasteiger partial charge in [0.15, 0.2) is 0 Å². The van der Waals surface area contributed by atoms with E-state index in [-0.39, 0.29) is 0 Å². The smallest absolute Gasteiger partial charge is 0.111 e. The van der Waals surface area contributed by atoms with Crippen molar-refractivity contribution in [2.75, 3.05) is 0 Å². The first kappa shape index (κ1) is 11.9. The highest BCUT2D eigenvalue weighted by Gasteiger charge is 2.14. The molecule has 0 aromatic carbocycles. The summed E-state index contributed by atoms with van der Waals surface area (Å²) in [5, 5.41) is 10.1. The van der Waals surface area contributed by atoms with Crippen molar-refractivity contribution >= 4 is 0 Å². The summed E-state index contributed by atoms with van der Waals surface area (Å²) in [7, 11) is 1.88. The van der Waals surface area contributed by atoms with Gasteiger partial charge in [-0.15, -0.1) is 0 Å². The number of rotatable bonds is 5. The Morgan fingerprint density at radius 1 is 1.47 bits per heavy atom. The van der Waals surface area contributed by atoms with Crippen molar-refractivity contribution in [1.82, 2.24) is 19.1 Å². The Labute approximate surface area is 101 Å². The molecular formula is C12H18N4O. The molecule has 2 aromatic heterocycles. The first-order valence-corrected chi connectivity index (χ1v) is 5.86. The lowest BCUT2D eigenvalue weighted by atomic mass is 10.2. The van der Waals surface area contributed by atoms with Crippen LogP contribution in [0.5, 0.6) is 0 Å². The van der Waals surface area contributed by atoms with E-state index in [9.17, 15) is 5.11 Å². The fraction of sp³-hybridized carbons (Fsp3) is 0.500. The second kappa shape index (κ2) is 5.14. The highest BCUT2D eigenvalue weighted by atomic mass is 16.3. The Kier molecular flexibility index (Phi) is 3.58. The van der Waals surface area contributed by atoms with Gasteiger partial charge in [0.05, 0.1) is 18.2 Å². The van der Waals surface area contributed by atoms with Gasteiger partial charge in [0, 0.05) is 32.4 Å². The van der Waals surface area contributed by atoms with E-state index in [1.165, 1.54) is 0 Å². The van der Waals surface area contributed by atoms with Crippen LogP contribution < -0.4 is 0 Å². The van der Waals surface area contributed by atoms with Crippen LogP contribution in [0.25, 0.3) is 0 Å². The number of aromatic nitrogens is 4. The van der Waals surface area contributed by atoms with Gasteiger partial charge in [-0.2, -0.15) is 0 Å². The summed E-state index contributed by atoms with van der Waals surface area (Å²) >= 11 is 0. The lowest BCUT2D eigenvalue weighted by molar-refractivity contribution is 0.166. The van der Waals surface area contributed by atoms with Crippen LogP contribution in [0.2, 0.25) is 0 Å². The SMILES string of the molecule is CCCn1ccnc1CC(O)c1cncn1C. The van der Waals surface area contributed by atoms with E-state index in [1.807, 2.05) is 17.8 Å². The minimum Gasteiger partial charge on any atom is -0.386 e. The van der Waals surface area contributed by atoms with E-state index in [2.05, 4.69) is 21.5 Å². The molecule has 0 fully saturated rings. The number of hydrogen-bond donors (Lipinski definition) is 1. The Hall–Kier alpha value is -1.62. The van der Waals surface area contributed by atoms with Crippen LogP contribution in [0, 0.1) is 0 Å². The molecule has 2 heterocycles. The van der Waals surface area contributed by atoms with Crippen molar-refractivity contribution in [3.63, 3.8) is 0 Å². The van der Waals surface area contributed by atoms with Crippen molar-refractivity contribution in [3.05, 3.63) is 36.4 Å². The summed E-state index contributed by atoms with van der Waals surface area (Å²) < 4.78 is 3.91. The molecule has 2 aromatic rings. The topological polar surface area (TPSA) is 55.9 Å². The summed E-state index contributed by atoms with van der Waals surface area (Å²) in [4.78, 5) is 8.29. The number of nitrogens with zero attached hydrogens (tertiary/aromatic N) is 4. The largest absolute Gasteiger partial charge is 0.386 e. The van der Waals surface area contributed by atoms with Gasteiger partial charge >= 0.3 is 0 Å². The van der Waals surface area contributed by atoms with Crippen molar-refractivity contribution in [2.24, 2.45) is 7.05 Å². The summed E-state index contributed by atoms with van der Waals surface area (Å²) in [6.45, 7) is 3.06. The van der Waals surface area contributed by atoms with Crippen LogP contribution in [0.15, 0.2) is 24.9 Å². The summed E-state index contributed by atoms with van der Waals surface area (Å²) in [5.41, 5.74) is 0.816. The minimum absolute atomic E-state index is 0.520. The van der Waals surface area contributed by atoms with Crippen LogP contribution >= 0.6 is 0 Å². The third kappa shape index (κ3) is 2.55. The molecule has 5 nitrogen and oxygen atoms in total. The fourth-order valence-electron chi connectivity index (χ4n) is 1.94. The number of aryl methyl sites for hydroxylation is 2. The number of hydrogen-bond acceptors (Lipinski definition) is 3. The number of aliphatic hydroxyl groups is 1. The third-order valence-corrected chi connectivity index (χ3v) is 2.84. The fourth-order valence-corrected chi connectivity index (χ4v) is 1.94. The maximum absolute atomic E-state index is 10.1. The quantitative estimate of drug-likeness (QED) is 0.848. The second-order valence-corrected chi connectivity index (χ2v) is 4.19. The van der Waals surface area contributed by atoms with Gasteiger partial charge in [-0.25, -0.2) is 9.97 Å². The van der Waals surface area contributed by atoms with Gasteiger partial charge in [0.25, 0.3) is 0 Å². The Bertz CT molecular complexity index is 474. The third-order valence-electron chi connectivity index (χ3n) is 2.84. The van der Waals surface area contributed by atoms with Gasteiger partial charge in [-0.3, -0.25) is 0 Å². The lowest BCUT2D eigenvalue weighted by Crippen LogP contribution is -2.11. The molecule has 2 rings (SSSR count). The number of aliphatic hydroxyl groups excluding tert-OH is 1. The van der Waals surface area contributed by atoms with Crippen LogP contribution in [-0.4, -0.2) is 24.2 Å². The first-order valence-electron chi connectivity index (χ1n) is 5.86. The molecule has 0 saturated carbocycles. The van der Waals surface area contributed by atoms with Crippen LogP contribution in [0.3, 0.4) is 0 Å². The van der Waals surface area contributed by atoms with E-state index in [4.69, 9.17) is 0 Å². The summed E-state index contributed by atoms with van der Waals surface area (Å²) in [5.74, 6) is 0.917. The maximum atomic E-state index is 10.1. The molecule has 92 valence electrons. The molecule has 0 amide bonds. The van der Waals surface area contributed by atoms with Crippen LogP contribution in [-0.2, 0) is 20.0 Å². The Morgan fingerprint density at radius 2 is 2.29 bits per heavy atom. The van der Waals surface area contributed by atoms with Crippen LogP contribution in [0.4, 0.5) is 0 Å². The zero-order valence-electron chi connectivity index (χ0n) is 10.2. The lowest BCUT2D eigenvalue weighted by Gasteiger charge is -2.12. The Balaban J connectivity index is 2.10. The molecule has 0 aliphatic carbocycles. The van der Waals surface area contributed by atoms with E-state index in [0.29, 0.717) is 6.42 Å². The molecular weight excluding hydrogens is 216 g/mol. The van der Waals surface area contributed by atoms with Crippen molar-refractivity contribution in [1.29, 1.82) is 0 Å². The maximum Gasteiger partial charge on any atom is 0.111 e. The van der Waals surface area contributed by atoms with Gasteiger partial charge in [0.2, 0.25) is 0 Å². The molecule has 1 N–H and O–H groups in total. The molecule has 0 bridgehead atoms. The minimum atomic E-state index is -0.555. The standard InChI is InChI=1S/C12H18N4O/c1-3-5-16-6-4-14-12(16)7-11(17)10-8-13-9-15(10)2/h4,6,8-9,11,17H,3,5,7H2,1-2H3. The molecule has 0 aliphatic rings. The van der Waals surface area contributed by atoms with E-state index >= 15 is 0 Å². The predicted molar refractivity (Wildman–Crippen MR) is 64.4 cm³/mol. The zero-order chi connectivity index (χ0) is 12.3. The average molecular weight is 234 g/mol. The normalized spacial score (nSPS) is 12.9. The van der Waals surface area contributed by atoms with Crippen molar-refractivity contribution in [3.8, 4) is 0 Å². The molecule has 0 saturated heterocycles. The highest BCUT2D eigenvalue weighted by Crippen LogP contribution is 2.16. The molecule has 1 atom stereocenters. The van der Waals surface area contributed by atoms with Gasteiger partial charge < -0.3 is 14.2 Å². The Morgan fingerprint density at radius 3 is 2.94 bits per heavy atom. The summed E-state index contributed by atoms with van der Waals surface area (Å²) in [6.07, 6.45) is 8.14. The monoisotopic (exact) mass is 234 g/mol. The summed E-state index contributed by atoms with van der Waals surface area (Å²) in [6, 6.07) is 0. The van der Waals surface area contributed by atoms with E-state index < -0.39 is 6.10 Å². The van der Waals surface area contributed by atoms with Gasteiger partial charge in [-0.1, -0.05) is 6.92 Å². The average Bonchev–Trinajstić information content (AvgIpc) is 2.89. The molecule has 5 heteroatoms. The molecule has 1 unspecified atom stereocenters.